The van der Waals surface area contributed by atoms with Gasteiger partial charge >= 0.3 is 5.97 Å². The quantitative estimate of drug-likeness (QED) is 0.772. The minimum atomic E-state index is -0.201. The first kappa shape index (κ1) is 12.3. The predicted molar refractivity (Wildman–Crippen MR) is 63.7 cm³/mol. The zero-order chi connectivity index (χ0) is 11.8. The van der Waals surface area contributed by atoms with E-state index >= 15 is 0 Å². The van der Waals surface area contributed by atoms with E-state index in [9.17, 15) is 4.79 Å². The van der Waals surface area contributed by atoms with Gasteiger partial charge in [-0.25, -0.2) is 0 Å². The summed E-state index contributed by atoms with van der Waals surface area (Å²) in [6.07, 6.45) is 2.12. The molecule has 0 amide bonds. The summed E-state index contributed by atoms with van der Waals surface area (Å²) in [5.74, 6) is -0.201. The van der Waals surface area contributed by atoms with Crippen molar-refractivity contribution >= 4 is 5.97 Å². The number of benzene rings is 1. The van der Waals surface area contributed by atoms with Crippen LogP contribution in [0.25, 0.3) is 0 Å². The number of hydrogen-bond donors (Lipinski definition) is 1. The van der Waals surface area contributed by atoms with Crippen LogP contribution >= 0.6 is 0 Å². The van der Waals surface area contributed by atoms with E-state index < -0.39 is 0 Å². The maximum absolute atomic E-state index is 11.4. The number of nitrogens with one attached hydrogen (secondary N) is 1. The van der Waals surface area contributed by atoms with Gasteiger partial charge in [0.15, 0.2) is 0 Å². The summed E-state index contributed by atoms with van der Waals surface area (Å²) < 4.78 is 5.14. The van der Waals surface area contributed by atoms with Crippen molar-refractivity contribution in [1.82, 2.24) is 5.32 Å². The fraction of sp³-hybridized carbons (Fsp3) is 0.308. The Hall–Kier alpha value is -1.77. The molecule has 0 spiro atoms. The molecule has 0 aromatic heterocycles. The van der Waals surface area contributed by atoms with Crippen LogP contribution in [0.4, 0.5) is 0 Å². The molecule has 1 aromatic rings. The summed E-state index contributed by atoms with van der Waals surface area (Å²) in [4.78, 5) is 11.4. The van der Waals surface area contributed by atoms with Gasteiger partial charge in [-0.15, -0.1) is 0 Å². The Labute approximate surface area is 96.1 Å². The van der Waals surface area contributed by atoms with Gasteiger partial charge in [-0.2, -0.15) is 0 Å². The first-order chi connectivity index (χ1) is 7.72. The fourth-order valence-electron chi connectivity index (χ4n) is 1.31. The first-order valence-electron chi connectivity index (χ1n) is 5.25. The highest BCUT2D eigenvalue weighted by Crippen LogP contribution is 2.04. The number of carbonyl (C=O) groups is 1. The normalized spacial score (nSPS) is 11.0. The van der Waals surface area contributed by atoms with Crippen LogP contribution in [0, 0.1) is 0 Å². The molecular weight excluding hydrogens is 202 g/mol. The Morgan fingerprint density at radius 3 is 2.69 bits per heavy atom. The number of hydrogen-bond acceptors (Lipinski definition) is 3. The molecule has 0 bridgehead atoms. The van der Waals surface area contributed by atoms with Crippen molar-refractivity contribution in [3.05, 3.63) is 47.7 Å². The van der Waals surface area contributed by atoms with E-state index in [2.05, 4.69) is 5.32 Å². The van der Waals surface area contributed by atoms with Crippen molar-refractivity contribution in [2.24, 2.45) is 0 Å². The zero-order valence-corrected chi connectivity index (χ0v) is 9.69. The maximum atomic E-state index is 11.4. The standard InChI is InChI=1S/C13H17NO2/c1-11(9-14-2)8-13(15)16-10-12-6-4-3-5-7-12/h3-7,9,14H,8,10H2,1-2H3/b11-9-. The molecule has 0 aliphatic carbocycles. The minimum Gasteiger partial charge on any atom is -0.461 e. The van der Waals surface area contributed by atoms with Crippen molar-refractivity contribution in [1.29, 1.82) is 0 Å². The zero-order valence-electron chi connectivity index (χ0n) is 9.69. The summed E-state index contributed by atoms with van der Waals surface area (Å²) in [6, 6.07) is 9.66. The highest BCUT2D eigenvalue weighted by atomic mass is 16.5. The molecule has 86 valence electrons. The second-order valence-electron chi connectivity index (χ2n) is 3.60. The van der Waals surface area contributed by atoms with Crippen LogP contribution in [0.15, 0.2) is 42.1 Å². The average Bonchev–Trinajstić information content (AvgIpc) is 2.28. The molecule has 0 saturated heterocycles. The second-order valence-corrected chi connectivity index (χ2v) is 3.60. The van der Waals surface area contributed by atoms with Crippen LogP contribution < -0.4 is 5.32 Å². The van der Waals surface area contributed by atoms with Gasteiger partial charge in [0.1, 0.15) is 6.61 Å². The molecule has 0 atom stereocenters. The third-order valence-electron chi connectivity index (χ3n) is 2.06. The van der Waals surface area contributed by atoms with Gasteiger partial charge in [0.2, 0.25) is 0 Å². The molecule has 3 heteroatoms. The molecule has 0 radical (unpaired) electrons. The first-order valence-corrected chi connectivity index (χ1v) is 5.25. The Balaban J connectivity index is 2.33. The lowest BCUT2D eigenvalue weighted by Crippen LogP contribution is -2.06. The number of esters is 1. The van der Waals surface area contributed by atoms with Crippen LogP contribution in [0.2, 0.25) is 0 Å². The molecule has 0 fully saturated rings. The topological polar surface area (TPSA) is 38.3 Å². The summed E-state index contributed by atoms with van der Waals surface area (Å²) in [5, 5.41) is 2.88. The highest BCUT2D eigenvalue weighted by molar-refractivity contribution is 5.72. The molecule has 1 N–H and O–H groups in total. The monoisotopic (exact) mass is 219 g/mol. The smallest absolute Gasteiger partial charge is 0.310 e. The molecular formula is C13H17NO2. The third kappa shape index (κ3) is 4.64. The lowest BCUT2D eigenvalue weighted by atomic mass is 10.2. The number of rotatable bonds is 5. The van der Waals surface area contributed by atoms with Gasteiger partial charge < -0.3 is 10.1 Å². The van der Waals surface area contributed by atoms with Crippen LogP contribution in [-0.2, 0) is 16.1 Å². The SMILES string of the molecule is CN/C=C(/C)CC(=O)OCc1ccccc1. The van der Waals surface area contributed by atoms with Gasteiger partial charge in [0, 0.05) is 7.05 Å². The van der Waals surface area contributed by atoms with Crippen molar-refractivity contribution < 1.29 is 9.53 Å². The highest BCUT2D eigenvalue weighted by Gasteiger charge is 2.03. The van der Waals surface area contributed by atoms with Gasteiger partial charge in [-0.05, 0) is 24.3 Å². The van der Waals surface area contributed by atoms with Gasteiger partial charge in [0.05, 0.1) is 6.42 Å². The third-order valence-corrected chi connectivity index (χ3v) is 2.06. The van der Waals surface area contributed by atoms with Gasteiger partial charge in [-0.3, -0.25) is 4.79 Å². The Morgan fingerprint density at radius 2 is 2.06 bits per heavy atom. The van der Waals surface area contributed by atoms with E-state index in [1.807, 2.05) is 37.3 Å². The summed E-state index contributed by atoms with van der Waals surface area (Å²) in [5.41, 5.74) is 1.96. The van der Waals surface area contributed by atoms with Crippen LogP contribution in [0.1, 0.15) is 18.9 Å². The minimum absolute atomic E-state index is 0.201. The molecule has 16 heavy (non-hydrogen) atoms. The molecule has 1 aromatic carbocycles. The lowest BCUT2D eigenvalue weighted by Gasteiger charge is -2.05. The van der Waals surface area contributed by atoms with Crippen LogP contribution in [0.3, 0.4) is 0 Å². The van der Waals surface area contributed by atoms with E-state index in [4.69, 9.17) is 4.74 Å². The molecule has 0 unspecified atom stereocenters. The molecule has 1 rings (SSSR count). The predicted octanol–water partition coefficient (Wildman–Crippen LogP) is 2.24. The largest absolute Gasteiger partial charge is 0.461 e. The molecule has 0 saturated carbocycles. The van der Waals surface area contributed by atoms with E-state index in [1.165, 1.54) is 0 Å². The summed E-state index contributed by atoms with van der Waals surface area (Å²) in [7, 11) is 1.80. The van der Waals surface area contributed by atoms with Gasteiger partial charge in [0.25, 0.3) is 0 Å². The summed E-state index contributed by atoms with van der Waals surface area (Å²) in [6.45, 7) is 2.23. The molecule has 3 nitrogen and oxygen atoms in total. The molecule has 0 aliphatic heterocycles. The van der Waals surface area contributed by atoms with Crippen LogP contribution in [0.5, 0.6) is 0 Å². The van der Waals surface area contributed by atoms with Crippen molar-refractivity contribution in [2.45, 2.75) is 20.0 Å². The number of carbonyl (C=O) groups excluding carboxylic acids is 1. The fourth-order valence-corrected chi connectivity index (χ4v) is 1.31. The van der Waals surface area contributed by atoms with E-state index in [0.717, 1.165) is 11.1 Å². The van der Waals surface area contributed by atoms with Crippen LogP contribution in [-0.4, -0.2) is 13.0 Å². The molecule has 0 heterocycles. The maximum Gasteiger partial charge on any atom is 0.310 e. The Morgan fingerprint density at radius 1 is 1.38 bits per heavy atom. The number of ether oxygens (including phenoxy) is 1. The molecule has 0 aliphatic rings. The Bertz CT molecular complexity index is 357. The second kappa shape index (κ2) is 6.67. The van der Waals surface area contributed by atoms with Crippen molar-refractivity contribution in [3.8, 4) is 0 Å². The van der Waals surface area contributed by atoms with E-state index in [-0.39, 0.29) is 5.97 Å². The van der Waals surface area contributed by atoms with Crippen molar-refractivity contribution in [2.75, 3.05) is 7.05 Å². The van der Waals surface area contributed by atoms with Gasteiger partial charge in [-0.1, -0.05) is 30.3 Å². The van der Waals surface area contributed by atoms with Crippen molar-refractivity contribution in [3.63, 3.8) is 0 Å². The van der Waals surface area contributed by atoms with E-state index in [0.29, 0.717) is 13.0 Å². The lowest BCUT2D eigenvalue weighted by molar-refractivity contribution is -0.144. The average molecular weight is 219 g/mol. The summed E-state index contributed by atoms with van der Waals surface area (Å²) >= 11 is 0. The Kier molecular flexibility index (Phi) is 5.12. The van der Waals surface area contributed by atoms with E-state index in [1.54, 1.807) is 13.2 Å².